The first kappa shape index (κ1) is 12.9. The summed E-state index contributed by atoms with van der Waals surface area (Å²) in [5, 5.41) is 0. The lowest BCUT2D eigenvalue weighted by molar-refractivity contribution is -0.123. The fourth-order valence-corrected chi connectivity index (χ4v) is 1.92. The molecule has 2 N–H and O–H groups in total. The van der Waals surface area contributed by atoms with Gasteiger partial charge >= 0.3 is 0 Å². The van der Waals surface area contributed by atoms with E-state index < -0.39 is 0 Å². The van der Waals surface area contributed by atoms with Crippen LogP contribution in [0, 0.1) is 19.8 Å². The van der Waals surface area contributed by atoms with E-state index in [0.717, 1.165) is 0 Å². The molecule has 0 aromatic heterocycles. The molecule has 0 aliphatic rings. The highest BCUT2D eigenvalue weighted by Crippen LogP contribution is 2.16. The molecule has 0 amide bonds. The van der Waals surface area contributed by atoms with E-state index in [9.17, 15) is 4.79 Å². The molecule has 0 aliphatic heterocycles. The van der Waals surface area contributed by atoms with Gasteiger partial charge in [0.05, 0.1) is 6.04 Å². The van der Waals surface area contributed by atoms with E-state index in [1.54, 1.807) is 0 Å². The van der Waals surface area contributed by atoms with Crippen molar-refractivity contribution in [3.8, 4) is 0 Å². The van der Waals surface area contributed by atoms with Gasteiger partial charge in [-0.15, -0.1) is 0 Å². The molecule has 16 heavy (non-hydrogen) atoms. The molecule has 0 aliphatic carbocycles. The van der Waals surface area contributed by atoms with Gasteiger partial charge in [-0.2, -0.15) is 0 Å². The molecule has 2 nitrogen and oxygen atoms in total. The molecule has 0 unspecified atom stereocenters. The molecule has 1 rings (SSSR count). The molecule has 0 radical (unpaired) electrons. The molecule has 1 atom stereocenters. The number of hydrogen-bond donors (Lipinski definition) is 1. The van der Waals surface area contributed by atoms with E-state index >= 15 is 0 Å². The van der Waals surface area contributed by atoms with Crippen LogP contribution in [0.4, 0.5) is 0 Å². The maximum absolute atomic E-state index is 11.7. The second-order valence-electron chi connectivity index (χ2n) is 4.74. The lowest BCUT2D eigenvalue weighted by atomic mass is 9.92. The highest BCUT2D eigenvalue weighted by Gasteiger charge is 2.18. The predicted octanol–water partition coefficient (Wildman–Crippen LogP) is 2.40. The summed E-state index contributed by atoms with van der Waals surface area (Å²) in [4.78, 5) is 11.7. The summed E-state index contributed by atoms with van der Waals surface area (Å²) in [6.07, 6.45) is 0.648. The van der Waals surface area contributed by atoms with Gasteiger partial charge in [0, 0.05) is 5.92 Å². The van der Waals surface area contributed by atoms with Gasteiger partial charge in [-0.05, 0) is 37.0 Å². The quantitative estimate of drug-likeness (QED) is 0.845. The predicted molar refractivity (Wildman–Crippen MR) is 67.4 cm³/mol. The molecule has 1 aromatic carbocycles. The van der Waals surface area contributed by atoms with Crippen molar-refractivity contribution in [3.05, 3.63) is 34.9 Å². The third kappa shape index (κ3) is 2.92. The number of hydrogen-bond acceptors (Lipinski definition) is 2. The van der Waals surface area contributed by atoms with Crippen molar-refractivity contribution < 1.29 is 4.79 Å². The monoisotopic (exact) mass is 219 g/mol. The number of ketones is 1. The lowest BCUT2D eigenvalue weighted by Crippen LogP contribution is -2.36. The molecule has 0 spiro atoms. The number of Topliss-reactive ketones (excluding diaryl/α,β-unsaturated/α-hetero) is 1. The summed E-state index contributed by atoms with van der Waals surface area (Å²) in [6.45, 7) is 7.92. The van der Waals surface area contributed by atoms with Crippen molar-refractivity contribution in [2.24, 2.45) is 11.7 Å². The van der Waals surface area contributed by atoms with Crippen LogP contribution in [0.3, 0.4) is 0 Å². The van der Waals surface area contributed by atoms with Crippen molar-refractivity contribution in [2.45, 2.75) is 40.2 Å². The SMILES string of the molecule is Cc1cccc(C)c1C[C@@H](N)C(=O)C(C)C. The minimum Gasteiger partial charge on any atom is -0.321 e. The standard InChI is InChI=1S/C14H21NO/c1-9(2)14(16)13(15)8-12-10(3)6-5-7-11(12)4/h5-7,9,13H,8,15H2,1-4H3/t13-/m1/s1. The van der Waals surface area contributed by atoms with E-state index in [1.807, 2.05) is 19.9 Å². The minimum absolute atomic E-state index is 0.0133. The Balaban J connectivity index is 2.85. The van der Waals surface area contributed by atoms with Crippen LogP contribution < -0.4 is 5.73 Å². The average Bonchev–Trinajstić information content (AvgIpc) is 2.22. The van der Waals surface area contributed by atoms with E-state index in [2.05, 4.69) is 26.0 Å². The Morgan fingerprint density at radius 2 is 1.75 bits per heavy atom. The van der Waals surface area contributed by atoms with Gasteiger partial charge in [-0.3, -0.25) is 4.79 Å². The van der Waals surface area contributed by atoms with Crippen molar-refractivity contribution in [3.63, 3.8) is 0 Å². The molecule has 0 fully saturated rings. The molecule has 0 saturated heterocycles. The van der Waals surface area contributed by atoms with Crippen LogP contribution in [0.15, 0.2) is 18.2 Å². The third-order valence-corrected chi connectivity index (χ3v) is 3.00. The van der Waals surface area contributed by atoms with Crippen LogP contribution in [0.5, 0.6) is 0 Å². The van der Waals surface area contributed by atoms with Crippen molar-refractivity contribution in [1.82, 2.24) is 0 Å². The fraction of sp³-hybridized carbons (Fsp3) is 0.500. The lowest BCUT2D eigenvalue weighted by Gasteiger charge is -2.16. The number of benzene rings is 1. The van der Waals surface area contributed by atoms with Gasteiger partial charge in [0.2, 0.25) is 0 Å². The average molecular weight is 219 g/mol. The van der Waals surface area contributed by atoms with Crippen LogP contribution in [0.25, 0.3) is 0 Å². The molecule has 0 heterocycles. The minimum atomic E-state index is -0.375. The highest BCUT2D eigenvalue weighted by molar-refractivity contribution is 5.85. The molecule has 0 saturated carbocycles. The van der Waals surface area contributed by atoms with Gasteiger partial charge in [0.15, 0.2) is 5.78 Å². The van der Waals surface area contributed by atoms with Crippen molar-refractivity contribution >= 4 is 5.78 Å². The zero-order valence-corrected chi connectivity index (χ0v) is 10.6. The topological polar surface area (TPSA) is 43.1 Å². The van der Waals surface area contributed by atoms with E-state index in [0.29, 0.717) is 6.42 Å². The number of rotatable bonds is 4. The van der Waals surface area contributed by atoms with Gasteiger partial charge in [-0.25, -0.2) is 0 Å². The summed E-state index contributed by atoms with van der Waals surface area (Å²) in [5.41, 5.74) is 9.58. The smallest absolute Gasteiger partial charge is 0.152 e. The van der Waals surface area contributed by atoms with Crippen molar-refractivity contribution in [1.29, 1.82) is 0 Å². The second-order valence-corrected chi connectivity index (χ2v) is 4.74. The molecule has 88 valence electrons. The Kier molecular flexibility index (Phi) is 4.25. The largest absolute Gasteiger partial charge is 0.321 e. The Labute approximate surface area is 97.9 Å². The number of aryl methyl sites for hydroxylation is 2. The zero-order valence-electron chi connectivity index (χ0n) is 10.6. The molecule has 2 heteroatoms. The van der Waals surface area contributed by atoms with Gasteiger partial charge in [0.25, 0.3) is 0 Å². The number of carbonyl (C=O) groups is 1. The maximum Gasteiger partial charge on any atom is 0.152 e. The summed E-state index contributed by atoms with van der Waals surface area (Å²) >= 11 is 0. The van der Waals surface area contributed by atoms with E-state index in [1.165, 1.54) is 16.7 Å². The Bertz CT molecular complexity index is 362. The molecule has 0 bridgehead atoms. The van der Waals surface area contributed by atoms with Crippen LogP contribution in [0.2, 0.25) is 0 Å². The Hall–Kier alpha value is -1.15. The first-order chi connectivity index (χ1) is 7.43. The summed E-state index contributed by atoms with van der Waals surface area (Å²) in [6, 6.07) is 5.79. The second kappa shape index (κ2) is 5.26. The normalized spacial score (nSPS) is 12.9. The van der Waals surface area contributed by atoms with Gasteiger partial charge in [-0.1, -0.05) is 32.0 Å². The first-order valence-electron chi connectivity index (χ1n) is 5.78. The van der Waals surface area contributed by atoms with Crippen LogP contribution in [-0.4, -0.2) is 11.8 Å². The Morgan fingerprint density at radius 3 is 2.19 bits per heavy atom. The Morgan fingerprint density at radius 1 is 1.25 bits per heavy atom. The maximum atomic E-state index is 11.7. The van der Waals surface area contributed by atoms with Gasteiger partial charge < -0.3 is 5.73 Å². The first-order valence-corrected chi connectivity index (χ1v) is 5.78. The fourth-order valence-electron chi connectivity index (χ4n) is 1.92. The van der Waals surface area contributed by atoms with Crippen LogP contribution >= 0.6 is 0 Å². The summed E-state index contributed by atoms with van der Waals surface area (Å²) < 4.78 is 0. The molecular weight excluding hydrogens is 198 g/mol. The third-order valence-electron chi connectivity index (χ3n) is 3.00. The summed E-state index contributed by atoms with van der Waals surface area (Å²) in [5.74, 6) is 0.155. The number of carbonyl (C=O) groups excluding carboxylic acids is 1. The molecular formula is C14H21NO. The highest BCUT2D eigenvalue weighted by atomic mass is 16.1. The number of nitrogens with two attached hydrogens (primary N) is 1. The van der Waals surface area contributed by atoms with Crippen molar-refractivity contribution in [2.75, 3.05) is 0 Å². The van der Waals surface area contributed by atoms with E-state index in [-0.39, 0.29) is 17.7 Å². The van der Waals surface area contributed by atoms with E-state index in [4.69, 9.17) is 5.73 Å². The zero-order chi connectivity index (χ0) is 12.3. The van der Waals surface area contributed by atoms with Gasteiger partial charge in [0.1, 0.15) is 0 Å². The van der Waals surface area contributed by atoms with Crippen LogP contribution in [-0.2, 0) is 11.2 Å². The van der Waals surface area contributed by atoms with Crippen LogP contribution in [0.1, 0.15) is 30.5 Å². The summed E-state index contributed by atoms with van der Waals surface area (Å²) in [7, 11) is 0. The molecule has 1 aromatic rings.